The van der Waals surface area contributed by atoms with Crippen LogP contribution in [-0.2, 0) is 19.0 Å². The number of aryl methyl sites for hydroxylation is 1. The Bertz CT molecular complexity index is 364. The second kappa shape index (κ2) is 6.34. The van der Waals surface area contributed by atoms with Crippen molar-refractivity contribution in [2.24, 2.45) is 7.05 Å². The van der Waals surface area contributed by atoms with Crippen molar-refractivity contribution in [2.75, 3.05) is 6.54 Å². The maximum atomic E-state index is 9.18. The Hall–Kier alpha value is -0.870. The fourth-order valence-corrected chi connectivity index (χ4v) is 2.04. The van der Waals surface area contributed by atoms with E-state index in [1.54, 1.807) is 0 Å². The molecule has 0 aromatic carbocycles. The average molecular weight is 253 g/mol. The van der Waals surface area contributed by atoms with E-state index in [2.05, 4.69) is 37.4 Å². The van der Waals surface area contributed by atoms with Crippen molar-refractivity contribution in [3.05, 3.63) is 17.5 Å². The van der Waals surface area contributed by atoms with Gasteiger partial charge in [-0.2, -0.15) is 5.10 Å². The molecule has 0 amide bonds. The minimum atomic E-state index is -0.199. The van der Waals surface area contributed by atoms with Crippen LogP contribution >= 0.6 is 0 Å². The monoisotopic (exact) mass is 253 g/mol. The van der Waals surface area contributed by atoms with Crippen molar-refractivity contribution < 1.29 is 5.11 Å². The highest BCUT2D eigenvalue weighted by Crippen LogP contribution is 2.23. The van der Waals surface area contributed by atoms with Gasteiger partial charge in [0, 0.05) is 30.8 Å². The van der Waals surface area contributed by atoms with Crippen LogP contribution in [0.4, 0.5) is 0 Å². The quantitative estimate of drug-likeness (QED) is 0.762. The molecule has 1 unspecified atom stereocenters. The van der Waals surface area contributed by atoms with Gasteiger partial charge in [-0.1, -0.05) is 20.8 Å². The molecule has 1 aromatic rings. The maximum absolute atomic E-state index is 9.18. The molecule has 1 heterocycles. The zero-order valence-electron chi connectivity index (χ0n) is 12.3. The van der Waals surface area contributed by atoms with E-state index in [9.17, 15) is 5.11 Å². The molecule has 104 valence electrons. The molecule has 18 heavy (non-hydrogen) atoms. The van der Waals surface area contributed by atoms with Crippen LogP contribution in [0, 0.1) is 0 Å². The van der Waals surface area contributed by atoms with E-state index in [-0.39, 0.29) is 11.5 Å². The SMILES string of the molecule is CC(O)CCCNCc1cn(C)nc1C(C)(C)C. The van der Waals surface area contributed by atoms with Gasteiger partial charge in [0.1, 0.15) is 0 Å². The van der Waals surface area contributed by atoms with Crippen molar-refractivity contribution >= 4 is 0 Å². The first kappa shape index (κ1) is 15.2. The lowest BCUT2D eigenvalue weighted by molar-refractivity contribution is 0.181. The second-order valence-electron chi connectivity index (χ2n) is 6.09. The number of hydrogen-bond donors (Lipinski definition) is 2. The number of aromatic nitrogens is 2. The van der Waals surface area contributed by atoms with Gasteiger partial charge in [0.15, 0.2) is 0 Å². The third kappa shape index (κ3) is 4.78. The standard InChI is InChI=1S/C14H27N3O/c1-11(18)7-6-8-15-9-12-10-17(5)16-13(12)14(2,3)4/h10-11,15,18H,6-9H2,1-5H3. The van der Waals surface area contributed by atoms with Crippen molar-refractivity contribution in [1.82, 2.24) is 15.1 Å². The molecular weight excluding hydrogens is 226 g/mol. The highest BCUT2D eigenvalue weighted by atomic mass is 16.3. The van der Waals surface area contributed by atoms with Crippen LogP contribution in [-0.4, -0.2) is 27.5 Å². The van der Waals surface area contributed by atoms with Crippen molar-refractivity contribution in [1.29, 1.82) is 0 Å². The normalized spacial score (nSPS) is 13.9. The first-order valence-corrected chi connectivity index (χ1v) is 6.72. The molecule has 1 aromatic heterocycles. The Kier molecular flexibility index (Phi) is 5.35. The fourth-order valence-electron chi connectivity index (χ4n) is 2.04. The highest BCUT2D eigenvalue weighted by Gasteiger charge is 2.21. The Labute approximate surface area is 110 Å². The van der Waals surface area contributed by atoms with E-state index in [4.69, 9.17) is 0 Å². The second-order valence-corrected chi connectivity index (χ2v) is 6.09. The predicted molar refractivity (Wildman–Crippen MR) is 74.5 cm³/mol. The molecule has 0 saturated carbocycles. The lowest BCUT2D eigenvalue weighted by Crippen LogP contribution is -2.20. The minimum Gasteiger partial charge on any atom is -0.393 e. The summed E-state index contributed by atoms with van der Waals surface area (Å²) in [5.41, 5.74) is 2.51. The van der Waals surface area contributed by atoms with Gasteiger partial charge in [-0.25, -0.2) is 0 Å². The van der Waals surface area contributed by atoms with Gasteiger partial charge < -0.3 is 10.4 Å². The Morgan fingerprint density at radius 2 is 2.11 bits per heavy atom. The number of nitrogens with one attached hydrogen (secondary N) is 1. The lowest BCUT2D eigenvalue weighted by Gasteiger charge is -2.17. The minimum absolute atomic E-state index is 0.0812. The highest BCUT2D eigenvalue weighted by molar-refractivity contribution is 5.23. The third-order valence-corrected chi connectivity index (χ3v) is 2.91. The van der Waals surface area contributed by atoms with Gasteiger partial charge in [-0.15, -0.1) is 0 Å². The van der Waals surface area contributed by atoms with E-state index in [1.807, 2.05) is 18.7 Å². The molecule has 4 nitrogen and oxygen atoms in total. The Balaban J connectivity index is 2.47. The van der Waals surface area contributed by atoms with E-state index >= 15 is 0 Å². The summed E-state index contributed by atoms with van der Waals surface area (Å²) < 4.78 is 1.88. The van der Waals surface area contributed by atoms with Crippen LogP contribution in [0.25, 0.3) is 0 Å². The number of aliphatic hydroxyl groups excluding tert-OH is 1. The molecule has 0 saturated heterocycles. The lowest BCUT2D eigenvalue weighted by atomic mass is 9.89. The zero-order chi connectivity index (χ0) is 13.8. The van der Waals surface area contributed by atoms with Crippen LogP contribution in [0.3, 0.4) is 0 Å². The Morgan fingerprint density at radius 1 is 1.44 bits per heavy atom. The van der Waals surface area contributed by atoms with Crippen LogP contribution in [0.15, 0.2) is 6.20 Å². The Morgan fingerprint density at radius 3 is 2.67 bits per heavy atom. The first-order valence-electron chi connectivity index (χ1n) is 6.72. The molecule has 2 N–H and O–H groups in total. The van der Waals surface area contributed by atoms with Gasteiger partial charge in [0.25, 0.3) is 0 Å². The van der Waals surface area contributed by atoms with Gasteiger partial charge in [-0.05, 0) is 26.3 Å². The number of aliphatic hydroxyl groups is 1. The summed E-state index contributed by atoms with van der Waals surface area (Å²) >= 11 is 0. The average Bonchev–Trinajstić information content (AvgIpc) is 2.58. The summed E-state index contributed by atoms with van der Waals surface area (Å²) in [7, 11) is 1.96. The zero-order valence-corrected chi connectivity index (χ0v) is 12.3. The summed E-state index contributed by atoms with van der Waals surface area (Å²) in [6.07, 6.45) is 3.74. The van der Waals surface area contributed by atoms with Gasteiger partial charge in [-0.3, -0.25) is 4.68 Å². The molecule has 0 aliphatic rings. The topological polar surface area (TPSA) is 50.1 Å². The summed E-state index contributed by atoms with van der Waals surface area (Å²) in [5, 5.41) is 17.1. The number of rotatable bonds is 6. The maximum Gasteiger partial charge on any atom is 0.0722 e. The molecule has 0 aliphatic heterocycles. The summed E-state index contributed by atoms with van der Waals surface area (Å²) in [4.78, 5) is 0. The van der Waals surface area contributed by atoms with Crippen molar-refractivity contribution in [3.8, 4) is 0 Å². The molecule has 4 heteroatoms. The summed E-state index contributed by atoms with van der Waals surface area (Å²) in [6.45, 7) is 10.2. The fraction of sp³-hybridized carbons (Fsp3) is 0.786. The summed E-state index contributed by atoms with van der Waals surface area (Å²) in [5.74, 6) is 0. The molecule has 0 spiro atoms. The van der Waals surface area contributed by atoms with E-state index in [1.165, 1.54) is 5.56 Å². The molecule has 0 fully saturated rings. The van der Waals surface area contributed by atoms with Crippen LogP contribution < -0.4 is 5.32 Å². The molecular formula is C14H27N3O. The molecule has 0 aliphatic carbocycles. The first-order chi connectivity index (χ1) is 8.30. The molecule has 0 bridgehead atoms. The van der Waals surface area contributed by atoms with Crippen LogP contribution in [0.5, 0.6) is 0 Å². The molecule has 1 rings (SSSR count). The largest absolute Gasteiger partial charge is 0.393 e. The van der Waals surface area contributed by atoms with E-state index < -0.39 is 0 Å². The van der Waals surface area contributed by atoms with Gasteiger partial charge in [0.2, 0.25) is 0 Å². The van der Waals surface area contributed by atoms with E-state index in [0.29, 0.717) is 0 Å². The summed E-state index contributed by atoms with van der Waals surface area (Å²) in [6, 6.07) is 0. The van der Waals surface area contributed by atoms with Crippen LogP contribution in [0.2, 0.25) is 0 Å². The smallest absolute Gasteiger partial charge is 0.0722 e. The van der Waals surface area contributed by atoms with Gasteiger partial charge >= 0.3 is 0 Å². The van der Waals surface area contributed by atoms with Gasteiger partial charge in [0.05, 0.1) is 11.8 Å². The van der Waals surface area contributed by atoms with Crippen molar-refractivity contribution in [3.63, 3.8) is 0 Å². The predicted octanol–water partition coefficient (Wildman–Crippen LogP) is 1.97. The molecule has 1 atom stereocenters. The van der Waals surface area contributed by atoms with Crippen molar-refractivity contribution in [2.45, 2.75) is 58.6 Å². The third-order valence-electron chi connectivity index (χ3n) is 2.91. The van der Waals surface area contributed by atoms with Crippen LogP contribution in [0.1, 0.15) is 51.8 Å². The number of hydrogen-bond acceptors (Lipinski definition) is 3. The number of nitrogens with zero attached hydrogens (tertiary/aromatic N) is 2. The van der Waals surface area contributed by atoms with E-state index in [0.717, 1.165) is 31.6 Å². The molecule has 0 radical (unpaired) electrons.